The summed E-state index contributed by atoms with van der Waals surface area (Å²) < 4.78 is 12.4. The summed E-state index contributed by atoms with van der Waals surface area (Å²) in [5.74, 6) is 1.46. The smallest absolute Gasteiger partial charge is 0.108 e. The highest BCUT2D eigenvalue weighted by atomic mass is 32.2. The van der Waals surface area contributed by atoms with Gasteiger partial charge in [-0.15, -0.1) is 11.3 Å². The third-order valence-electron chi connectivity index (χ3n) is 2.44. The topological polar surface area (TPSA) is 42.0 Å². The van der Waals surface area contributed by atoms with Crippen LogP contribution in [0.4, 0.5) is 0 Å². The summed E-state index contributed by atoms with van der Waals surface area (Å²) in [7, 11) is -0.679. The number of fused-ring (bicyclic) bond motifs is 1. The van der Waals surface area contributed by atoms with Gasteiger partial charge in [0.05, 0.1) is 10.2 Å². The fourth-order valence-corrected chi connectivity index (χ4v) is 3.12. The minimum atomic E-state index is -0.679. The Morgan fingerprint density at radius 3 is 3.00 bits per heavy atom. The second-order valence-electron chi connectivity index (χ2n) is 3.68. The van der Waals surface area contributed by atoms with Gasteiger partial charge in [-0.1, -0.05) is 19.1 Å². The molecule has 1 aromatic carbocycles. The van der Waals surface area contributed by atoms with Crippen LogP contribution in [-0.4, -0.2) is 27.2 Å². The molecule has 0 radical (unpaired) electrons. The number of benzene rings is 1. The number of hydrogen-bond donors (Lipinski definition) is 1. The largest absolute Gasteiger partial charge is 0.310 e. The maximum Gasteiger partial charge on any atom is 0.108 e. The lowest BCUT2D eigenvalue weighted by Crippen LogP contribution is -2.20. The Bertz CT molecular complexity index is 477. The Balaban J connectivity index is 1.85. The highest BCUT2D eigenvalue weighted by Crippen LogP contribution is 2.20. The summed E-state index contributed by atoms with van der Waals surface area (Å²) in [6, 6.07) is 8.15. The zero-order valence-corrected chi connectivity index (χ0v) is 11.4. The van der Waals surface area contributed by atoms with E-state index in [0.29, 0.717) is 0 Å². The number of para-hydroxylation sites is 1. The average molecular weight is 268 g/mol. The van der Waals surface area contributed by atoms with Crippen molar-refractivity contribution in [1.29, 1.82) is 0 Å². The monoisotopic (exact) mass is 268 g/mol. The molecule has 3 nitrogen and oxygen atoms in total. The van der Waals surface area contributed by atoms with Gasteiger partial charge in [0.15, 0.2) is 0 Å². The molecule has 2 rings (SSSR count). The number of rotatable bonds is 6. The molecule has 92 valence electrons. The van der Waals surface area contributed by atoms with Crippen LogP contribution in [0, 0.1) is 0 Å². The molecule has 0 aliphatic heterocycles. The second-order valence-corrected chi connectivity index (χ2v) is 6.67. The van der Waals surface area contributed by atoms with Crippen molar-refractivity contribution in [2.45, 2.75) is 13.5 Å². The first-order valence-electron chi connectivity index (χ1n) is 5.69. The van der Waals surface area contributed by atoms with Crippen LogP contribution in [0.15, 0.2) is 24.3 Å². The van der Waals surface area contributed by atoms with Crippen LogP contribution in [0.1, 0.15) is 11.9 Å². The van der Waals surface area contributed by atoms with E-state index < -0.39 is 10.8 Å². The van der Waals surface area contributed by atoms with Crippen molar-refractivity contribution in [2.24, 2.45) is 0 Å². The molecular formula is C12H16N2OS2. The van der Waals surface area contributed by atoms with Crippen LogP contribution in [-0.2, 0) is 17.3 Å². The molecule has 17 heavy (non-hydrogen) atoms. The highest BCUT2D eigenvalue weighted by Gasteiger charge is 2.02. The molecule has 0 spiro atoms. The number of aromatic nitrogens is 1. The standard InChI is InChI=1S/C12H16N2OS2/c1-2-17(15)8-7-13-9-12-14-10-5-3-4-6-11(10)16-12/h3-6,13H,2,7-9H2,1H3. The van der Waals surface area contributed by atoms with E-state index in [9.17, 15) is 4.21 Å². The van der Waals surface area contributed by atoms with Gasteiger partial charge >= 0.3 is 0 Å². The molecule has 1 aromatic heterocycles. The first-order chi connectivity index (χ1) is 8.29. The molecule has 0 amide bonds. The summed E-state index contributed by atoms with van der Waals surface area (Å²) >= 11 is 1.71. The van der Waals surface area contributed by atoms with Crippen LogP contribution in [0.2, 0.25) is 0 Å². The van der Waals surface area contributed by atoms with Crippen molar-refractivity contribution in [3.05, 3.63) is 29.3 Å². The van der Waals surface area contributed by atoms with Gasteiger partial charge in [0.2, 0.25) is 0 Å². The fraction of sp³-hybridized carbons (Fsp3) is 0.417. The quantitative estimate of drug-likeness (QED) is 0.816. The number of hydrogen-bond acceptors (Lipinski definition) is 4. The van der Waals surface area contributed by atoms with Gasteiger partial charge in [0, 0.05) is 35.4 Å². The van der Waals surface area contributed by atoms with Gasteiger partial charge in [-0.25, -0.2) is 4.98 Å². The Kier molecular flexibility index (Phi) is 4.65. The molecule has 1 heterocycles. The maximum atomic E-state index is 11.2. The van der Waals surface area contributed by atoms with E-state index in [2.05, 4.69) is 16.4 Å². The summed E-state index contributed by atoms with van der Waals surface area (Å²) in [5.41, 5.74) is 1.06. The van der Waals surface area contributed by atoms with Gasteiger partial charge < -0.3 is 5.32 Å². The minimum absolute atomic E-state index is 0.679. The number of nitrogens with one attached hydrogen (secondary N) is 1. The molecule has 2 aromatic rings. The average Bonchev–Trinajstić information content (AvgIpc) is 2.76. The number of nitrogens with zero attached hydrogens (tertiary/aromatic N) is 1. The molecular weight excluding hydrogens is 252 g/mol. The Hall–Kier alpha value is -0.780. The van der Waals surface area contributed by atoms with E-state index in [1.807, 2.05) is 25.1 Å². The van der Waals surface area contributed by atoms with Gasteiger partial charge in [-0.05, 0) is 12.1 Å². The molecule has 0 fully saturated rings. The van der Waals surface area contributed by atoms with Gasteiger partial charge in [0.1, 0.15) is 5.01 Å². The van der Waals surface area contributed by atoms with E-state index >= 15 is 0 Å². The molecule has 1 atom stereocenters. The normalized spacial score (nSPS) is 13.0. The first kappa shape index (κ1) is 12.7. The Labute approximate surface area is 108 Å². The Morgan fingerprint density at radius 2 is 2.24 bits per heavy atom. The molecule has 0 bridgehead atoms. The first-order valence-corrected chi connectivity index (χ1v) is 8.00. The van der Waals surface area contributed by atoms with Crippen LogP contribution < -0.4 is 5.32 Å². The third kappa shape index (κ3) is 3.59. The lowest BCUT2D eigenvalue weighted by Gasteiger charge is -2.00. The van der Waals surface area contributed by atoms with E-state index in [1.54, 1.807) is 11.3 Å². The van der Waals surface area contributed by atoms with Crippen molar-refractivity contribution in [1.82, 2.24) is 10.3 Å². The second kappa shape index (κ2) is 6.23. The third-order valence-corrected chi connectivity index (χ3v) is 4.78. The molecule has 0 saturated heterocycles. The van der Waals surface area contributed by atoms with Crippen molar-refractivity contribution in [2.75, 3.05) is 18.1 Å². The van der Waals surface area contributed by atoms with Crippen molar-refractivity contribution >= 4 is 32.4 Å². The van der Waals surface area contributed by atoms with E-state index in [1.165, 1.54) is 4.70 Å². The van der Waals surface area contributed by atoms with Crippen molar-refractivity contribution in [3.63, 3.8) is 0 Å². The van der Waals surface area contributed by atoms with Crippen LogP contribution >= 0.6 is 11.3 Å². The van der Waals surface area contributed by atoms with E-state index in [-0.39, 0.29) is 0 Å². The van der Waals surface area contributed by atoms with E-state index in [0.717, 1.165) is 35.1 Å². The van der Waals surface area contributed by atoms with Crippen LogP contribution in [0.5, 0.6) is 0 Å². The summed E-state index contributed by atoms with van der Waals surface area (Å²) in [5, 5.41) is 4.37. The zero-order chi connectivity index (χ0) is 12.1. The van der Waals surface area contributed by atoms with Crippen molar-refractivity contribution < 1.29 is 4.21 Å². The summed E-state index contributed by atoms with van der Waals surface area (Å²) in [6.07, 6.45) is 0. The maximum absolute atomic E-state index is 11.2. The molecule has 1 N–H and O–H groups in total. The lowest BCUT2D eigenvalue weighted by molar-refractivity contribution is 0.673. The van der Waals surface area contributed by atoms with Gasteiger partial charge in [-0.3, -0.25) is 4.21 Å². The molecule has 0 aliphatic rings. The van der Waals surface area contributed by atoms with Gasteiger partial charge in [0.25, 0.3) is 0 Å². The van der Waals surface area contributed by atoms with Gasteiger partial charge in [-0.2, -0.15) is 0 Å². The zero-order valence-electron chi connectivity index (χ0n) is 9.81. The predicted molar refractivity (Wildman–Crippen MR) is 74.9 cm³/mol. The minimum Gasteiger partial charge on any atom is -0.310 e. The molecule has 0 saturated carbocycles. The summed E-state index contributed by atoms with van der Waals surface area (Å²) in [6.45, 7) is 3.50. The van der Waals surface area contributed by atoms with E-state index in [4.69, 9.17) is 0 Å². The summed E-state index contributed by atoms with van der Waals surface area (Å²) in [4.78, 5) is 4.53. The predicted octanol–water partition coefficient (Wildman–Crippen LogP) is 2.15. The van der Waals surface area contributed by atoms with Crippen molar-refractivity contribution in [3.8, 4) is 0 Å². The SMILES string of the molecule is CCS(=O)CCNCc1nc2ccccc2s1. The van der Waals surface area contributed by atoms with Crippen LogP contribution in [0.25, 0.3) is 10.2 Å². The highest BCUT2D eigenvalue weighted by molar-refractivity contribution is 7.84. The Morgan fingerprint density at radius 1 is 1.41 bits per heavy atom. The van der Waals surface area contributed by atoms with Crippen LogP contribution in [0.3, 0.4) is 0 Å². The molecule has 0 aliphatic carbocycles. The lowest BCUT2D eigenvalue weighted by atomic mass is 10.3. The fourth-order valence-electron chi connectivity index (χ4n) is 1.52. The molecule has 1 unspecified atom stereocenters. The number of thiazole rings is 1. The molecule has 5 heteroatoms.